The summed E-state index contributed by atoms with van der Waals surface area (Å²) in [7, 11) is 0. The average molecular weight is 348 g/mol. The lowest BCUT2D eigenvalue weighted by Gasteiger charge is -2.11. The zero-order chi connectivity index (χ0) is 13.0. The number of hydrogen-bond donors (Lipinski definition) is 0. The molecule has 18 heavy (non-hydrogen) atoms. The van der Waals surface area contributed by atoms with Gasteiger partial charge in [-0.05, 0) is 18.2 Å². The van der Waals surface area contributed by atoms with Gasteiger partial charge in [0.25, 0.3) is 0 Å². The lowest BCUT2D eigenvalue weighted by atomic mass is 10.2. The SMILES string of the molecule is Clc1cc(Cl)c(OCc2ncccn2)c(CBr)c1. The number of alkyl halides is 1. The van der Waals surface area contributed by atoms with Crippen LogP contribution in [0.15, 0.2) is 30.6 Å². The third-order valence-corrected chi connectivity index (χ3v) is 3.30. The summed E-state index contributed by atoms with van der Waals surface area (Å²) in [6, 6.07) is 5.21. The van der Waals surface area contributed by atoms with Gasteiger partial charge in [-0.25, -0.2) is 9.97 Å². The van der Waals surface area contributed by atoms with Crippen LogP contribution in [-0.4, -0.2) is 9.97 Å². The van der Waals surface area contributed by atoms with Gasteiger partial charge >= 0.3 is 0 Å². The highest BCUT2D eigenvalue weighted by Crippen LogP contribution is 2.34. The van der Waals surface area contributed by atoms with Gasteiger partial charge in [-0.3, -0.25) is 0 Å². The molecule has 0 radical (unpaired) electrons. The smallest absolute Gasteiger partial charge is 0.166 e. The van der Waals surface area contributed by atoms with Crippen molar-refractivity contribution in [3.05, 3.63) is 52.0 Å². The van der Waals surface area contributed by atoms with Gasteiger partial charge in [-0.15, -0.1) is 0 Å². The van der Waals surface area contributed by atoms with E-state index >= 15 is 0 Å². The van der Waals surface area contributed by atoms with Crippen LogP contribution in [0.1, 0.15) is 11.4 Å². The maximum atomic E-state index is 6.11. The van der Waals surface area contributed by atoms with Gasteiger partial charge in [-0.2, -0.15) is 0 Å². The Kier molecular flexibility index (Phi) is 4.80. The topological polar surface area (TPSA) is 35.0 Å². The van der Waals surface area contributed by atoms with E-state index in [1.54, 1.807) is 24.5 Å². The minimum absolute atomic E-state index is 0.266. The first-order valence-corrected chi connectivity index (χ1v) is 7.01. The molecule has 1 aromatic heterocycles. The second-order valence-corrected chi connectivity index (χ2v) is 4.87. The molecule has 0 aliphatic carbocycles. The Morgan fingerprint density at radius 3 is 2.56 bits per heavy atom. The van der Waals surface area contributed by atoms with Crippen molar-refractivity contribution in [1.29, 1.82) is 0 Å². The zero-order valence-electron chi connectivity index (χ0n) is 9.24. The van der Waals surface area contributed by atoms with E-state index in [1.165, 1.54) is 0 Å². The molecule has 0 aliphatic heterocycles. The van der Waals surface area contributed by atoms with Crippen LogP contribution in [0.4, 0.5) is 0 Å². The fraction of sp³-hybridized carbons (Fsp3) is 0.167. The van der Waals surface area contributed by atoms with Gasteiger partial charge in [0, 0.05) is 28.3 Å². The molecule has 94 valence electrons. The molecule has 0 bridgehead atoms. The number of halogens is 3. The quantitative estimate of drug-likeness (QED) is 0.775. The normalized spacial score (nSPS) is 10.4. The molecule has 1 heterocycles. The molecule has 0 aliphatic rings. The second-order valence-electron chi connectivity index (χ2n) is 3.46. The van der Waals surface area contributed by atoms with Crippen LogP contribution in [-0.2, 0) is 11.9 Å². The summed E-state index contributed by atoms with van der Waals surface area (Å²) in [4.78, 5) is 8.16. The first-order valence-electron chi connectivity index (χ1n) is 5.13. The summed E-state index contributed by atoms with van der Waals surface area (Å²) in [5, 5.41) is 1.67. The summed E-state index contributed by atoms with van der Waals surface area (Å²) >= 11 is 15.4. The molecular weight excluding hydrogens is 339 g/mol. The van der Waals surface area contributed by atoms with Crippen LogP contribution in [0.5, 0.6) is 5.75 Å². The Morgan fingerprint density at radius 2 is 1.89 bits per heavy atom. The molecule has 0 fully saturated rings. The Morgan fingerprint density at radius 1 is 1.17 bits per heavy atom. The van der Waals surface area contributed by atoms with Gasteiger partial charge in [0.15, 0.2) is 5.82 Å². The second kappa shape index (κ2) is 6.36. The summed E-state index contributed by atoms with van der Waals surface area (Å²) in [6.07, 6.45) is 3.33. The van der Waals surface area contributed by atoms with E-state index in [1.807, 2.05) is 6.07 Å². The number of nitrogens with zero attached hydrogens (tertiary/aromatic N) is 2. The van der Waals surface area contributed by atoms with E-state index in [9.17, 15) is 0 Å². The fourth-order valence-corrected chi connectivity index (χ4v) is 2.42. The molecule has 1 aromatic carbocycles. The van der Waals surface area contributed by atoms with E-state index in [4.69, 9.17) is 27.9 Å². The summed E-state index contributed by atoms with van der Waals surface area (Å²) in [5.41, 5.74) is 0.892. The zero-order valence-corrected chi connectivity index (χ0v) is 12.3. The molecule has 2 rings (SSSR count). The third-order valence-electron chi connectivity index (χ3n) is 2.19. The van der Waals surface area contributed by atoms with Crippen molar-refractivity contribution in [2.24, 2.45) is 0 Å². The van der Waals surface area contributed by atoms with Crippen LogP contribution < -0.4 is 4.74 Å². The lowest BCUT2D eigenvalue weighted by Crippen LogP contribution is -2.02. The molecule has 2 aromatic rings. The van der Waals surface area contributed by atoms with Crippen molar-refractivity contribution in [2.75, 3.05) is 0 Å². The van der Waals surface area contributed by atoms with E-state index in [-0.39, 0.29) is 6.61 Å². The minimum Gasteiger partial charge on any atom is -0.484 e. The Labute approximate surface area is 123 Å². The van der Waals surface area contributed by atoms with Crippen molar-refractivity contribution in [1.82, 2.24) is 9.97 Å². The monoisotopic (exact) mass is 346 g/mol. The number of aromatic nitrogens is 2. The van der Waals surface area contributed by atoms with Crippen LogP contribution in [0.2, 0.25) is 10.0 Å². The number of benzene rings is 1. The molecule has 0 saturated heterocycles. The molecule has 0 saturated carbocycles. The largest absolute Gasteiger partial charge is 0.484 e. The maximum Gasteiger partial charge on any atom is 0.166 e. The average Bonchev–Trinajstić information content (AvgIpc) is 2.38. The van der Waals surface area contributed by atoms with Crippen LogP contribution in [0.25, 0.3) is 0 Å². The predicted octanol–water partition coefficient (Wildman–Crippen LogP) is 4.26. The maximum absolute atomic E-state index is 6.11. The minimum atomic E-state index is 0.266. The number of hydrogen-bond acceptors (Lipinski definition) is 3. The van der Waals surface area contributed by atoms with Gasteiger partial charge in [0.1, 0.15) is 12.4 Å². The van der Waals surface area contributed by atoms with Crippen molar-refractivity contribution in [2.45, 2.75) is 11.9 Å². The molecule has 0 atom stereocenters. The Hall–Kier alpha value is -0.840. The molecule has 0 amide bonds. The Balaban J connectivity index is 2.19. The highest BCUT2D eigenvalue weighted by molar-refractivity contribution is 9.08. The summed E-state index contributed by atoms with van der Waals surface area (Å²) in [5.74, 6) is 1.20. The van der Waals surface area contributed by atoms with Crippen molar-refractivity contribution >= 4 is 39.1 Å². The number of rotatable bonds is 4. The lowest BCUT2D eigenvalue weighted by molar-refractivity contribution is 0.294. The molecule has 0 spiro atoms. The summed E-state index contributed by atoms with van der Waals surface area (Å²) in [6.45, 7) is 0.266. The highest BCUT2D eigenvalue weighted by atomic mass is 79.9. The van der Waals surface area contributed by atoms with Crippen molar-refractivity contribution < 1.29 is 4.74 Å². The van der Waals surface area contributed by atoms with Gasteiger partial charge in [0.05, 0.1) is 5.02 Å². The Bertz CT molecular complexity index is 537. The first kappa shape index (κ1) is 13.6. The molecule has 0 N–H and O–H groups in total. The standard InChI is InChI=1S/C12H9BrCl2N2O/c13-6-8-4-9(14)5-10(15)12(8)18-7-11-16-2-1-3-17-11/h1-5H,6-7H2. The van der Waals surface area contributed by atoms with E-state index in [0.717, 1.165) is 5.56 Å². The van der Waals surface area contributed by atoms with Crippen LogP contribution in [0, 0.1) is 0 Å². The predicted molar refractivity (Wildman–Crippen MR) is 75.5 cm³/mol. The molecule has 0 unspecified atom stereocenters. The molecule has 6 heteroatoms. The van der Waals surface area contributed by atoms with Gasteiger partial charge in [-0.1, -0.05) is 39.1 Å². The van der Waals surface area contributed by atoms with Crippen molar-refractivity contribution in [3.63, 3.8) is 0 Å². The van der Waals surface area contributed by atoms with E-state index < -0.39 is 0 Å². The third kappa shape index (κ3) is 3.34. The first-order chi connectivity index (χ1) is 8.70. The number of ether oxygens (including phenoxy) is 1. The van der Waals surface area contributed by atoms with Crippen molar-refractivity contribution in [3.8, 4) is 5.75 Å². The van der Waals surface area contributed by atoms with Crippen LogP contribution in [0.3, 0.4) is 0 Å². The van der Waals surface area contributed by atoms with Crippen LogP contribution >= 0.6 is 39.1 Å². The van der Waals surface area contributed by atoms with E-state index in [0.29, 0.717) is 26.9 Å². The van der Waals surface area contributed by atoms with Gasteiger partial charge in [0.2, 0.25) is 0 Å². The van der Waals surface area contributed by atoms with Gasteiger partial charge < -0.3 is 4.74 Å². The highest BCUT2D eigenvalue weighted by Gasteiger charge is 2.10. The van der Waals surface area contributed by atoms with E-state index in [2.05, 4.69) is 25.9 Å². The molecular formula is C12H9BrCl2N2O. The summed E-state index contributed by atoms with van der Waals surface area (Å²) < 4.78 is 5.65. The fourth-order valence-electron chi connectivity index (χ4n) is 1.42. The molecule has 3 nitrogen and oxygen atoms in total.